The Bertz CT molecular complexity index is 582. The molecule has 2 N–H and O–H groups in total. The van der Waals surface area contributed by atoms with E-state index < -0.39 is 0 Å². The lowest BCUT2D eigenvalue weighted by Gasteiger charge is -2.25. The Labute approximate surface area is 117 Å². The minimum Gasteiger partial charge on any atom is -0.369 e. The maximum atomic E-state index is 5.99. The van der Waals surface area contributed by atoms with Crippen molar-refractivity contribution in [3.63, 3.8) is 0 Å². The van der Waals surface area contributed by atoms with Gasteiger partial charge in [-0.15, -0.1) is 11.3 Å². The van der Waals surface area contributed by atoms with Crippen molar-refractivity contribution in [1.29, 1.82) is 0 Å². The predicted octanol–water partition coefficient (Wildman–Crippen LogP) is 2.78. The van der Waals surface area contributed by atoms with Gasteiger partial charge in [-0.25, -0.2) is 4.98 Å². The van der Waals surface area contributed by atoms with Crippen LogP contribution in [0.3, 0.4) is 0 Å². The molecule has 1 aliphatic rings. The Morgan fingerprint density at radius 3 is 3.06 bits per heavy atom. The van der Waals surface area contributed by atoms with Gasteiger partial charge in [0.25, 0.3) is 0 Å². The van der Waals surface area contributed by atoms with Gasteiger partial charge in [0.2, 0.25) is 0 Å². The van der Waals surface area contributed by atoms with Crippen LogP contribution in [0.5, 0.6) is 0 Å². The van der Waals surface area contributed by atoms with Crippen molar-refractivity contribution in [2.45, 2.75) is 6.04 Å². The smallest absolute Gasteiger partial charge is 0.196 e. The first-order valence-corrected chi connectivity index (χ1v) is 7.22. The first kappa shape index (κ1) is 11.7. The van der Waals surface area contributed by atoms with Gasteiger partial charge >= 0.3 is 0 Å². The van der Waals surface area contributed by atoms with Gasteiger partial charge in [0.15, 0.2) is 5.96 Å². The average Bonchev–Trinajstić information content (AvgIpc) is 2.97. The van der Waals surface area contributed by atoms with Crippen molar-refractivity contribution >= 4 is 38.9 Å². The number of thiazole rings is 1. The fourth-order valence-electron chi connectivity index (χ4n) is 2.05. The quantitative estimate of drug-likeness (QED) is 0.925. The van der Waals surface area contributed by atoms with Gasteiger partial charge in [-0.3, -0.25) is 4.99 Å². The number of aliphatic imine (C=N–C) groups is 1. The Morgan fingerprint density at radius 2 is 2.33 bits per heavy atom. The molecule has 3 rings (SSSR count). The van der Waals surface area contributed by atoms with Crippen LogP contribution in [0.4, 0.5) is 5.69 Å². The molecule has 0 fully saturated rings. The summed E-state index contributed by atoms with van der Waals surface area (Å²) in [6.07, 6.45) is 0. The van der Waals surface area contributed by atoms with Crippen LogP contribution in [0, 0.1) is 0 Å². The first-order chi connectivity index (χ1) is 8.75. The largest absolute Gasteiger partial charge is 0.369 e. The molecule has 0 spiro atoms. The third-order valence-corrected chi connectivity index (χ3v) is 3.96. The second-order valence-electron chi connectivity index (χ2n) is 3.98. The highest BCUT2D eigenvalue weighted by Gasteiger charge is 2.30. The van der Waals surface area contributed by atoms with Gasteiger partial charge in [-0.1, -0.05) is 22.0 Å². The van der Waals surface area contributed by atoms with Gasteiger partial charge in [0.1, 0.15) is 0 Å². The van der Waals surface area contributed by atoms with E-state index in [0.717, 1.165) is 15.9 Å². The molecule has 1 aliphatic heterocycles. The number of hydrogen-bond donors (Lipinski definition) is 1. The zero-order chi connectivity index (χ0) is 12.5. The molecule has 2 aromatic rings. The van der Waals surface area contributed by atoms with Gasteiger partial charge in [-0.2, -0.15) is 0 Å². The molecule has 0 radical (unpaired) electrons. The summed E-state index contributed by atoms with van der Waals surface area (Å²) in [5.41, 5.74) is 9.88. The number of nitrogens with two attached hydrogens (primary N) is 1. The number of aromatic nitrogens is 1. The first-order valence-electron chi connectivity index (χ1n) is 5.48. The number of benzene rings is 1. The maximum Gasteiger partial charge on any atom is 0.196 e. The van der Waals surface area contributed by atoms with Gasteiger partial charge < -0.3 is 10.6 Å². The van der Waals surface area contributed by atoms with E-state index in [9.17, 15) is 0 Å². The van der Waals surface area contributed by atoms with Crippen LogP contribution >= 0.6 is 27.3 Å². The van der Waals surface area contributed by atoms with Crippen LogP contribution < -0.4 is 10.6 Å². The summed E-state index contributed by atoms with van der Waals surface area (Å²) in [5.74, 6) is 0.547. The summed E-state index contributed by atoms with van der Waals surface area (Å²) in [6, 6.07) is 8.14. The predicted molar refractivity (Wildman–Crippen MR) is 78.0 cm³/mol. The molecule has 0 bridgehead atoms. The third kappa shape index (κ3) is 2.02. The number of rotatable bonds is 2. The monoisotopic (exact) mass is 322 g/mol. The fraction of sp³-hybridized carbons (Fsp3) is 0.167. The third-order valence-electron chi connectivity index (χ3n) is 2.86. The van der Waals surface area contributed by atoms with E-state index in [1.807, 2.05) is 40.1 Å². The van der Waals surface area contributed by atoms with Crippen LogP contribution in [0.2, 0.25) is 0 Å². The lowest BCUT2D eigenvalue weighted by Crippen LogP contribution is -2.36. The minimum absolute atomic E-state index is 0.102. The van der Waals surface area contributed by atoms with Crippen LogP contribution in [0.25, 0.3) is 0 Å². The molecular formula is C12H11BrN4S. The molecule has 1 aromatic carbocycles. The highest BCUT2D eigenvalue weighted by Crippen LogP contribution is 2.32. The van der Waals surface area contributed by atoms with E-state index in [-0.39, 0.29) is 6.04 Å². The molecule has 6 heteroatoms. The van der Waals surface area contributed by atoms with E-state index in [2.05, 4.69) is 25.9 Å². The summed E-state index contributed by atoms with van der Waals surface area (Å²) < 4.78 is 1.02. The molecule has 0 saturated heterocycles. The van der Waals surface area contributed by atoms with E-state index in [4.69, 9.17) is 5.73 Å². The van der Waals surface area contributed by atoms with Crippen LogP contribution in [0.15, 0.2) is 44.6 Å². The van der Waals surface area contributed by atoms with Crippen molar-refractivity contribution in [2.75, 3.05) is 11.4 Å². The number of halogens is 1. The summed E-state index contributed by atoms with van der Waals surface area (Å²) in [4.78, 5) is 10.7. The SMILES string of the molecule is NC1=NCC(c2cscn2)N1c1cccc(Br)c1. The van der Waals surface area contributed by atoms with Crippen molar-refractivity contribution < 1.29 is 0 Å². The molecule has 1 unspecified atom stereocenters. The topological polar surface area (TPSA) is 54.5 Å². The molecule has 0 aliphatic carbocycles. The Kier molecular flexibility index (Phi) is 3.05. The molecule has 0 saturated carbocycles. The molecule has 18 heavy (non-hydrogen) atoms. The number of anilines is 1. The summed E-state index contributed by atoms with van der Waals surface area (Å²) in [7, 11) is 0. The van der Waals surface area contributed by atoms with Crippen molar-refractivity contribution in [3.8, 4) is 0 Å². The molecule has 92 valence electrons. The second-order valence-corrected chi connectivity index (χ2v) is 5.61. The lowest BCUT2D eigenvalue weighted by atomic mass is 10.2. The number of nitrogens with zero attached hydrogens (tertiary/aromatic N) is 3. The summed E-state index contributed by atoms with van der Waals surface area (Å²) >= 11 is 5.07. The highest BCUT2D eigenvalue weighted by molar-refractivity contribution is 9.10. The minimum atomic E-state index is 0.102. The fourth-order valence-corrected chi connectivity index (χ4v) is 3.04. The van der Waals surface area contributed by atoms with Crippen LogP contribution in [-0.2, 0) is 0 Å². The lowest BCUT2D eigenvalue weighted by molar-refractivity contribution is 0.746. The maximum absolute atomic E-state index is 5.99. The molecule has 4 nitrogen and oxygen atoms in total. The van der Waals surface area contributed by atoms with Crippen LogP contribution in [-0.4, -0.2) is 17.5 Å². The normalized spacial score (nSPS) is 19.1. The zero-order valence-corrected chi connectivity index (χ0v) is 11.9. The molecule has 1 atom stereocenters. The van der Waals surface area contributed by atoms with E-state index in [1.54, 1.807) is 11.3 Å². The summed E-state index contributed by atoms with van der Waals surface area (Å²) in [5, 5.41) is 2.05. The van der Waals surface area contributed by atoms with Crippen molar-refractivity contribution in [3.05, 3.63) is 45.3 Å². The number of hydrogen-bond acceptors (Lipinski definition) is 5. The van der Waals surface area contributed by atoms with Gasteiger partial charge in [0, 0.05) is 15.5 Å². The van der Waals surface area contributed by atoms with E-state index >= 15 is 0 Å². The Balaban J connectivity index is 1.99. The Hall–Kier alpha value is -1.40. The van der Waals surface area contributed by atoms with E-state index in [1.165, 1.54) is 0 Å². The highest BCUT2D eigenvalue weighted by atomic mass is 79.9. The standard InChI is InChI=1S/C12H11BrN4S/c13-8-2-1-3-9(4-8)17-11(5-15-12(17)14)10-6-18-7-16-10/h1-4,6-7,11H,5H2,(H2,14,15). The molecule has 0 amide bonds. The van der Waals surface area contributed by atoms with Crippen LogP contribution in [0.1, 0.15) is 11.7 Å². The van der Waals surface area contributed by atoms with Gasteiger partial charge in [-0.05, 0) is 18.2 Å². The zero-order valence-electron chi connectivity index (χ0n) is 9.45. The van der Waals surface area contributed by atoms with E-state index in [0.29, 0.717) is 12.5 Å². The molecular weight excluding hydrogens is 312 g/mol. The average molecular weight is 323 g/mol. The summed E-state index contributed by atoms with van der Waals surface area (Å²) in [6.45, 7) is 0.655. The Morgan fingerprint density at radius 1 is 1.44 bits per heavy atom. The van der Waals surface area contributed by atoms with Gasteiger partial charge in [0.05, 0.1) is 23.8 Å². The number of guanidine groups is 1. The second kappa shape index (κ2) is 4.70. The molecule has 2 heterocycles. The van der Waals surface area contributed by atoms with Crippen molar-refractivity contribution in [2.24, 2.45) is 10.7 Å². The molecule has 1 aromatic heterocycles. The van der Waals surface area contributed by atoms with Crippen molar-refractivity contribution in [1.82, 2.24) is 4.98 Å².